The first kappa shape index (κ1) is 20.5. The van der Waals surface area contributed by atoms with Crippen molar-refractivity contribution in [3.05, 3.63) is 64.4 Å². The molecule has 0 aromatic heterocycles. The van der Waals surface area contributed by atoms with E-state index in [1.54, 1.807) is 13.1 Å². The van der Waals surface area contributed by atoms with Gasteiger partial charge in [-0.05, 0) is 42.3 Å². The van der Waals surface area contributed by atoms with Crippen molar-refractivity contribution >= 4 is 41.5 Å². The van der Waals surface area contributed by atoms with E-state index in [0.29, 0.717) is 23.1 Å². The molecule has 1 unspecified atom stereocenters. The van der Waals surface area contributed by atoms with Crippen LogP contribution in [0.1, 0.15) is 24.1 Å². The maximum atomic E-state index is 13.3. The van der Waals surface area contributed by atoms with Gasteiger partial charge in [-0.2, -0.15) is 0 Å². The summed E-state index contributed by atoms with van der Waals surface area (Å²) in [5, 5.41) is 16.2. The predicted octanol–water partition coefficient (Wildman–Crippen LogP) is 4.23. The van der Waals surface area contributed by atoms with E-state index in [1.807, 2.05) is 31.2 Å². The average Bonchev–Trinajstić information content (AvgIpc) is 2.55. The van der Waals surface area contributed by atoms with E-state index >= 15 is 0 Å². The van der Waals surface area contributed by atoms with E-state index in [2.05, 4.69) is 15.6 Å². The van der Waals surface area contributed by atoms with Crippen molar-refractivity contribution < 1.29 is 9.50 Å². The summed E-state index contributed by atoms with van der Waals surface area (Å²) in [4.78, 5) is 4.15. The SMILES string of the molecule is CN=C(NCc1ccc(O)c(F)c1)NC(C)c1ccc(Cl)cc1.I. The van der Waals surface area contributed by atoms with Gasteiger partial charge in [-0.1, -0.05) is 29.8 Å². The van der Waals surface area contributed by atoms with Crippen molar-refractivity contribution in [2.24, 2.45) is 4.99 Å². The molecule has 2 aromatic carbocycles. The predicted molar refractivity (Wildman–Crippen MR) is 107 cm³/mol. The van der Waals surface area contributed by atoms with Crippen molar-refractivity contribution in [3.8, 4) is 5.75 Å². The number of aliphatic imine (C=N–C) groups is 1. The van der Waals surface area contributed by atoms with Gasteiger partial charge in [0.2, 0.25) is 0 Å². The topological polar surface area (TPSA) is 56.7 Å². The van der Waals surface area contributed by atoms with Gasteiger partial charge in [-0.25, -0.2) is 4.39 Å². The van der Waals surface area contributed by atoms with Gasteiger partial charge in [-0.3, -0.25) is 4.99 Å². The van der Waals surface area contributed by atoms with Crippen LogP contribution in [0.5, 0.6) is 5.75 Å². The van der Waals surface area contributed by atoms with Crippen molar-refractivity contribution in [1.29, 1.82) is 0 Å². The van der Waals surface area contributed by atoms with Crippen LogP contribution >= 0.6 is 35.6 Å². The fourth-order valence-corrected chi connectivity index (χ4v) is 2.21. The van der Waals surface area contributed by atoms with Crippen molar-refractivity contribution in [2.75, 3.05) is 7.05 Å². The number of hydrogen-bond acceptors (Lipinski definition) is 2. The minimum Gasteiger partial charge on any atom is -0.505 e. The monoisotopic (exact) mass is 463 g/mol. The molecule has 0 aliphatic carbocycles. The third kappa shape index (κ3) is 5.83. The Morgan fingerprint density at radius 3 is 2.50 bits per heavy atom. The lowest BCUT2D eigenvalue weighted by atomic mass is 10.1. The Labute approximate surface area is 163 Å². The van der Waals surface area contributed by atoms with Crippen LogP contribution in [0.25, 0.3) is 0 Å². The molecule has 2 aromatic rings. The molecule has 0 amide bonds. The molecule has 3 N–H and O–H groups in total. The minimum absolute atomic E-state index is 0. The van der Waals surface area contributed by atoms with Crippen LogP contribution in [0, 0.1) is 5.82 Å². The lowest BCUT2D eigenvalue weighted by Crippen LogP contribution is -2.38. The Morgan fingerprint density at radius 1 is 1.25 bits per heavy atom. The molecule has 0 saturated heterocycles. The van der Waals surface area contributed by atoms with E-state index in [-0.39, 0.29) is 35.8 Å². The smallest absolute Gasteiger partial charge is 0.191 e. The Hall–Kier alpha value is -1.54. The summed E-state index contributed by atoms with van der Waals surface area (Å²) in [6.45, 7) is 2.40. The van der Waals surface area contributed by atoms with Gasteiger partial charge in [0.15, 0.2) is 17.5 Å². The quantitative estimate of drug-likeness (QED) is 0.361. The molecule has 0 heterocycles. The summed E-state index contributed by atoms with van der Waals surface area (Å²) in [7, 11) is 1.67. The average molecular weight is 464 g/mol. The highest BCUT2D eigenvalue weighted by Gasteiger charge is 2.08. The molecule has 0 fully saturated rings. The molecular formula is C17H20ClFIN3O. The van der Waals surface area contributed by atoms with Gasteiger partial charge < -0.3 is 15.7 Å². The molecule has 7 heteroatoms. The zero-order valence-electron chi connectivity index (χ0n) is 13.4. The minimum atomic E-state index is -0.637. The molecule has 0 aliphatic rings. The number of aromatic hydroxyl groups is 1. The van der Waals surface area contributed by atoms with E-state index < -0.39 is 5.82 Å². The Balaban J connectivity index is 0.00000288. The largest absolute Gasteiger partial charge is 0.505 e. The van der Waals surface area contributed by atoms with E-state index in [4.69, 9.17) is 11.6 Å². The van der Waals surface area contributed by atoms with E-state index in [1.165, 1.54) is 12.1 Å². The highest BCUT2D eigenvalue weighted by Crippen LogP contribution is 2.17. The maximum absolute atomic E-state index is 13.3. The molecule has 0 aliphatic heterocycles. The van der Waals surface area contributed by atoms with Crippen molar-refractivity contribution in [1.82, 2.24) is 10.6 Å². The third-order valence-corrected chi connectivity index (χ3v) is 3.67. The molecule has 24 heavy (non-hydrogen) atoms. The number of hydrogen-bond donors (Lipinski definition) is 3. The number of benzene rings is 2. The first-order valence-corrected chi connectivity index (χ1v) is 7.57. The summed E-state index contributed by atoms with van der Waals surface area (Å²) in [5.74, 6) is -0.393. The molecule has 4 nitrogen and oxygen atoms in total. The van der Waals surface area contributed by atoms with Crippen LogP contribution in [0.2, 0.25) is 5.02 Å². The van der Waals surface area contributed by atoms with Crippen LogP contribution in [-0.2, 0) is 6.54 Å². The van der Waals surface area contributed by atoms with Crippen LogP contribution in [-0.4, -0.2) is 18.1 Å². The van der Waals surface area contributed by atoms with Crippen LogP contribution in [0.4, 0.5) is 4.39 Å². The zero-order valence-corrected chi connectivity index (χ0v) is 16.5. The summed E-state index contributed by atoms with van der Waals surface area (Å²) >= 11 is 5.89. The van der Waals surface area contributed by atoms with Gasteiger partial charge in [0.1, 0.15) is 0 Å². The normalized spacial score (nSPS) is 12.2. The number of guanidine groups is 1. The molecule has 0 saturated carbocycles. The number of phenols is 1. The van der Waals surface area contributed by atoms with Gasteiger partial charge >= 0.3 is 0 Å². The lowest BCUT2D eigenvalue weighted by Gasteiger charge is -2.18. The number of rotatable bonds is 4. The molecule has 130 valence electrons. The summed E-state index contributed by atoms with van der Waals surface area (Å²) < 4.78 is 13.3. The Kier molecular flexibility index (Phi) is 8.27. The first-order chi connectivity index (χ1) is 11.0. The number of nitrogens with one attached hydrogen (secondary N) is 2. The molecular weight excluding hydrogens is 444 g/mol. The molecule has 0 spiro atoms. The second-order valence-corrected chi connectivity index (χ2v) is 5.57. The number of phenolic OH excluding ortho intramolecular Hbond substituents is 1. The summed E-state index contributed by atoms with van der Waals surface area (Å²) in [6.07, 6.45) is 0. The summed E-state index contributed by atoms with van der Waals surface area (Å²) in [5.41, 5.74) is 1.79. The second-order valence-electron chi connectivity index (χ2n) is 5.13. The standard InChI is InChI=1S/C17H19ClFN3O.HI/c1-11(13-4-6-14(18)7-5-13)22-17(20-2)21-10-12-3-8-16(23)15(19)9-12;/h3-9,11,23H,10H2,1-2H3,(H2,20,21,22);1H. The fourth-order valence-electron chi connectivity index (χ4n) is 2.08. The molecule has 1 atom stereocenters. The highest BCUT2D eigenvalue weighted by molar-refractivity contribution is 14.0. The maximum Gasteiger partial charge on any atom is 0.191 e. The lowest BCUT2D eigenvalue weighted by molar-refractivity contribution is 0.431. The van der Waals surface area contributed by atoms with Crippen LogP contribution in [0.3, 0.4) is 0 Å². The van der Waals surface area contributed by atoms with E-state index in [0.717, 1.165) is 5.56 Å². The van der Waals surface area contributed by atoms with Gasteiger partial charge in [-0.15, -0.1) is 24.0 Å². The van der Waals surface area contributed by atoms with Crippen LogP contribution in [0.15, 0.2) is 47.5 Å². The highest BCUT2D eigenvalue weighted by atomic mass is 127. The fraction of sp³-hybridized carbons (Fsp3) is 0.235. The first-order valence-electron chi connectivity index (χ1n) is 7.19. The van der Waals surface area contributed by atoms with Gasteiger partial charge in [0.05, 0.1) is 6.04 Å². The molecule has 0 bridgehead atoms. The number of nitrogens with zero attached hydrogens (tertiary/aromatic N) is 1. The Bertz CT molecular complexity index is 695. The molecule has 0 radical (unpaired) electrons. The van der Waals surface area contributed by atoms with Crippen molar-refractivity contribution in [2.45, 2.75) is 19.5 Å². The second kappa shape index (κ2) is 9.68. The van der Waals surface area contributed by atoms with Crippen LogP contribution < -0.4 is 10.6 Å². The number of halogens is 3. The van der Waals surface area contributed by atoms with E-state index in [9.17, 15) is 9.50 Å². The van der Waals surface area contributed by atoms with Crippen molar-refractivity contribution in [3.63, 3.8) is 0 Å². The molecule has 2 rings (SSSR count). The third-order valence-electron chi connectivity index (χ3n) is 3.42. The Morgan fingerprint density at radius 2 is 1.92 bits per heavy atom. The van der Waals surface area contributed by atoms with Gasteiger partial charge in [0, 0.05) is 18.6 Å². The summed E-state index contributed by atoms with van der Waals surface area (Å²) in [6, 6.07) is 11.9. The zero-order chi connectivity index (χ0) is 16.8. The van der Waals surface area contributed by atoms with Gasteiger partial charge in [0.25, 0.3) is 0 Å².